The Hall–Kier alpha value is -2.75. The molecule has 132 valence electrons. The molecule has 1 heterocycles. The summed E-state index contributed by atoms with van der Waals surface area (Å²) in [6.45, 7) is 11.5. The molecule has 25 heavy (non-hydrogen) atoms. The van der Waals surface area contributed by atoms with Crippen molar-refractivity contribution >= 4 is 12.2 Å². The molecule has 0 aliphatic heterocycles. The van der Waals surface area contributed by atoms with Gasteiger partial charge in [-0.15, -0.1) is 0 Å². The number of allylic oxidation sites excluding steroid dienone is 1. The summed E-state index contributed by atoms with van der Waals surface area (Å²) < 4.78 is 5.48. The molecule has 1 aromatic heterocycles. The predicted molar refractivity (Wildman–Crippen MR) is 100 cm³/mol. The third-order valence-electron chi connectivity index (χ3n) is 3.84. The van der Waals surface area contributed by atoms with Gasteiger partial charge < -0.3 is 4.42 Å². The fourth-order valence-corrected chi connectivity index (χ4v) is 2.34. The van der Waals surface area contributed by atoms with Crippen LogP contribution in [0.5, 0.6) is 5.75 Å². The molecule has 0 bridgehead atoms. The van der Waals surface area contributed by atoms with Crippen molar-refractivity contribution in [2.45, 2.75) is 40.5 Å². The van der Waals surface area contributed by atoms with Gasteiger partial charge in [0.2, 0.25) is 0 Å². The van der Waals surface area contributed by atoms with E-state index in [1.54, 1.807) is 6.07 Å². The van der Waals surface area contributed by atoms with E-state index in [-0.39, 0.29) is 5.63 Å². The van der Waals surface area contributed by atoms with Crippen LogP contribution in [0.1, 0.15) is 39.2 Å². The molecule has 1 aromatic carbocycles. The molecule has 0 aliphatic carbocycles. The van der Waals surface area contributed by atoms with E-state index >= 15 is 0 Å². The van der Waals surface area contributed by atoms with E-state index in [0.717, 1.165) is 22.8 Å². The third kappa shape index (κ3) is 4.41. The monoisotopic (exact) mass is 340 g/mol. The van der Waals surface area contributed by atoms with E-state index in [9.17, 15) is 4.79 Å². The van der Waals surface area contributed by atoms with Crippen molar-refractivity contribution in [2.75, 3.05) is 0 Å². The van der Waals surface area contributed by atoms with Crippen LogP contribution in [0.2, 0.25) is 0 Å². The van der Waals surface area contributed by atoms with Crippen molar-refractivity contribution in [2.24, 2.45) is 0 Å². The molecule has 0 amide bonds. The fourth-order valence-electron chi connectivity index (χ4n) is 2.34. The first-order valence-corrected chi connectivity index (χ1v) is 8.44. The molecule has 0 aliphatic rings. The van der Waals surface area contributed by atoms with Crippen molar-refractivity contribution in [1.82, 2.24) is 0 Å². The lowest BCUT2D eigenvalue weighted by Gasteiger charge is -2.10. The maximum absolute atomic E-state index is 12.4. The molecule has 0 saturated carbocycles. The molecular weight excluding hydrogens is 316 g/mol. The lowest BCUT2D eigenvalue weighted by molar-refractivity contribution is -0.168. The van der Waals surface area contributed by atoms with Crippen LogP contribution in [0.4, 0.5) is 0 Å². The fraction of sp³-hybridized carbons (Fsp3) is 0.286. The molecule has 0 spiro atoms. The lowest BCUT2D eigenvalue weighted by atomic mass is 10.0. The zero-order valence-electron chi connectivity index (χ0n) is 15.2. The van der Waals surface area contributed by atoms with Gasteiger partial charge in [0.1, 0.15) is 11.2 Å². The largest absolute Gasteiger partial charge is 0.423 e. The Balaban J connectivity index is 2.43. The van der Waals surface area contributed by atoms with Gasteiger partial charge in [-0.25, -0.2) is 4.79 Å². The Morgan fingerprint density at radius 1 is 1.28 bits per heavy atom. The maximum atomic E-state index is 12.4. The lowest BCUT2D eigenvalue weighted by Crippen LogP contribution is -2.29. The number of hydrogen-bond acceptors (Lipinski definition) is 4. The number of benzene rings is 1. The summed E-state index contributed by atoms with van der Waals surface area (Å²) in [4.78, 5) is 22.8. The average molecular weight is 340 g/mol. The van der Waals surface area contributed by atoms with E-state index in [1.807, 2.05) is 58.0 Å². The molecule has 0 unspecified atom stereocenters. The predicted octanol–water partition coefficient (Wildman–Crippen LogP) is 3.84. The van der Waals surface area contributed by atoms with Crippen molar-refractivity contribution in [3.8, 4) is 16.9 Å². The van der Waals surface area contributed by atoms with Crippen LogP contribution in [0.15, 0.2) is 45.8 Å². The SMILES string of the molecule is C=C(CC)OOc1ccc(-c2cc(=C/C)/c(=C\CC)oc2=O)cc1C. The highest BCUT2D eigenvalue weighted by Crippen LogP contribution is 2.24. The summed E-state index contributed by atoms with van der Waals surface area (Å²) in [7, 11) is 0. The zero-order chi connectivity index (χ0) is 18.4. The summed E-state index contributed by atoms with van der Waals surface area (Å²) >= 11 is 0. The van der Waals surface area contributed by atoms with Gasteiger partial charge in [-0.2, -0.15) is 0 Å². The second kappa shape index (κ2) is 8.38. The molecule has 4 nitrogen and oxygen atoms in total. The van der Waals surface area contributed by atoms with Gasteiger partial charge in [-0.1, -0.05) is 32.6 Å². The minimum atomic E-state index is -0.353. The van der Waals surface area contributed by atoms with Gasteiger partial charge >= 0.3 is 5.63 Å². The van der Waals surface area contributed by atoms with Crippen LogP contribution in [-0.4, -0.2) is 0 Å². The second-order valence-corrected chi connectivity index (χ2v) is 5.71. The Morgan fingerprint density at radius 2 is 2.04 bits per heavy atom. The summed E-state index contributed by atoms with van der Waals surface area (Å²) in [5, 5.41) is 0.900. The van der Waals surface area contributed by atoms with Crippen LogP contribution >= 0.6 is 0 Å². The van der Waals surface area contributed by atoms with Crippen LogP contribution in [0.25, 0.3) is 23.3 Å². The molecule has 2 rings (SSSR count). The number of hydrogen-bond donors (Lipinski definition) is 0. The first-order chi connectivity index (χ1) is 12.0. The van der Waals surface area contributed by atoms with Crippen LogP contribution in [-0.2, 0) is 4.89 Å². The van der Waals surface area contributed by atoms with E-state index in [2.05, 4.69) is 6.58 Å². The average Bonchev–Trinajstić information content (AvgIpc) is 2.61. The van der Waals surface area contributed by atoms with Crippen molar-refractivity contribution in [3.63, 3.8) is 0 Å². The standard InChI is InChI=1S/C21H24O4/c1-6-9-20-16(8-3)13-18(21(22)23-20)17-10-11-19(14(4)12-17)25-24-15(5)7-2/h8-13H,5-7H2,1-4H3/b16-8-,20-9+. The Bertz CT molecular complexity index is 935. The first kappa shape index (κ1) is 18.6. The van der Waals surface area contributed by atoms with E-state index in [4.69, 9.17) is 14.2 Å². The van der Waals surface area contributed by atoms with Crippen molar-refractivity contribution in [3.05, 3.63) is 63.2 Å². The van der Waals surface area contributed by atoms with Gasteiger partial charge in [-0.3, -0.25) is 9.78 Å². The summed E-state index contributed by atoms with van der Waals surface area (Å²) in [5.74, 6) is 1.14. The van der Waals surface area contributed by atoms with Crippen molar-refractivity contribution < 1.29 is 14.2 Å². The summed E-state index contributed by atoms with van der Waals surface area (Å²) in [5.41, 5.74) is 2.41. The molecule has 0 radical (unpaired) electrons. The molecule has 0 fully saturated rings. The normalized spacial score (nSPS) is 12.3. The summed E-state index contributed by atoms with van der Waals surface area (Å²) in [6, 6.07) is 7.32. The highest BCUT2D eigenvalue weighted by Gasteiger charge is 2.09. The van der Waals surface area contributed by atoms with Gasteiger partial charge in [0, 0.05) is 11.6 Å². The zero-order valence-corrected chi connectivity index (χ0v) is 15.2. The molecule has 0 N–H and O–H groups in total. The second-order valence-electron chi connectivity index (χ2n) is 5.71. The minimum Gasteiger partial charge on any atom is -0.423 e. The van der Waals surface area contributed by atoms with E-state index in [0.29, 0.717) is 28.9 Å². The van der Waals surface area contributed by atoms with E-state index < -0.39 is 0 Å². The topological polar surface area (TPSA) is 48.7 Å². The number of rotatable bonds is 6. The molecule has 0 atom stereocenters. The Labute approximate surface area is 147 Å². The number of aryl methyl sites for hydroxylation is 1. The quantitative estimate of drug-likeness (QED) is 0.455. The van der Waals surface area contributed by atoms with Crippen molar-refractivity contribution in [1.29, 1.82) is 0 Å². The smallest absolute Gasteiger partial charge is 0.344 e. The first-order valence-electron chi connectivity index (χ1n) is 8.44. The Kier molecular flexibility index (Phi) is 6.23. The van der Waals surface area contributed by atoms with Gasteiger partial charge in [0.15, 0.2) is 5.75 Å². The minimum absolute atomic E-state index is 0.353. The van der Waals surface area contributed by atoms with Gasteiger partial charge in [-0.05, 0) is 55.7 Å². The summed E-state index contributed by atoms with van der Waals surface area (Å²) in [6.07, 6.45) is 5.32. The van der Waals surface area contributed by atoms with Crippen LogP contribution < -0.4 is 21.1 Å². The Morgan fingerprint density at radius 3 is 2.64 bits per heavy atom. The molecule has 2 aromatic rings. The van der Waals surface area contributed by atoms with Gasteiger partial charge in [0.25, 0.3) is 0 Å². The third-order valence-corrected chi connectivity index (χ3v) is 3.84. The molecule has 4 heteroatoms. The highest BCUT2D eigenvalue weighted by molar-refractivity contribution is 5.64. The van der Waals surface area contributed by atoms with Gasteiger partial charge in [0.05, 0.1) is 5.56 Å². The van der Waals surface area contributed by atoms with Crippen LogP contribution in [0, 0.1) is 6.92 Å². The molecular formula is C21H24O4. The maximum Gasteiger partial charge on any atom is 0.344 e. The van der Waals surface area contributed by atoms with E-state index in [1.165, 1.54) is 0 Å². The van der Waals surface area contributed by atoms with Crippen LogP contribution in [0.3, 0.4) is 0 Å². The molecule has 0 saturated heterocycles. The highest BCUT2D eigenvalue weighted by atomic mass is 17.2.